The smallest absolute Gasteiger partial charge is 0.249 e. The van der Waals surface area contributed by atoms with Crippen molar-refractivity contribution in [3.05, 3.63) is 24.3 Å². The number of hydrogen-bond donors (Lipinski definition) is 1. The lowest BCUT2D eigenvalue weighted by atomic mass is 9.74. The average Bonchev–Trinajstić information content (AvgIpc) is 2.97. The number of aliphatic hydroxyl groups excluding tert-OH is 1. The van der Waals surface area contributed by atoms with E-state index in [1.165, 1.54) is 4.90 Å². The molecule has 0 aromatic rings. The number of likely N-dealkylation sites (tertiary alicyclic amines) is 1. The van der Waals surface area contributed by atoms with Crippen LogP contribution >= 0.6 is 0 Å². The average molecular weight is 418 g/mol. The van der Waals surface area contributed by atoms with Gasteiger partial charge in [0.2, 0.25) is 17.7 Å². The van der Waals surface area contributed by atoms with E-state index in [0.29, 0.717) is 13.1 Å². The molecule has 8 heteroatoms. The van der Waals surface area contributed by atoms with Crippen molar-refractivity contribution in [3.8, 4) is 0 Å². The topological polar surface area (TPSA) is 90.4 Å². The molecule has 4 rings (SSSR count). The molecule has 0 saturated carbocycles. The maximum Gasteiger partial charge on any atom is 0.249 e. The van der Waals surface area contributed by atoms with E-state index >= 15 is 0 Å². The lowest BCUT2D eigenvalue weighted by Gasteiger charge is -2.40. The first-order chi connectivity index (χ1) is 14.1. The zero-order valence-electron chi connectivity index (χ0n) is 18.2. The summed E-state index contributed by atoms with van der Waals surface area (Å²) in [6.07, 6.45) is 7.44. The number of rotatable bonds is 3. The van der Waals surface area contributed by atoms with Crippen LogP contribution in [0.4, 0.5) is 0 Å². The Labute approximate surface area is 177 Å². The minimum atomic E-state index is -1.25. The molecule has 0 radical (unpaired) electrons. The summed E-state index contributed by atoms with van der Waals surface area (Å²) in [6.45, 7) is 7.98. The molecule has 0 aromatic heterocycles. The second-order valence-corrected chi connectivity index (χ2v) is 9.38. The Morgan fingerprint density at radius 3 is 2.37 bits per heavy atom. The third kappa shape index (κ3) is 2.62. The van der Waals surface area contributed by atoms with Gasteiger partial charge in [0.05, 0.1) is 30.1 Å². The quantitative estimate of drug-likeness (QED) is 0.662. The highest BCUT2D eigenvalue weighted by Crippen LogP contribution is 2.57. The second kappa shape index (κ2) is 6.92. The van der Waals surface area contributed by atoms with E-state index < -0.39 is 35.1 Å². The van der Waals surface area contributed by atoms with Crippen LogP contribution < -0.4 is 0 Å². The third-order valence-corrected chi connectivity index (χ3v) is 7.09. The molecule has 3 amide bonds. The highest BCUT2D eigenvalue weighted by Gasteiger charge is 2.75. The van der Waals surface area contributed by atoms with Crippen LogP contribution in [-0.2, 0) is 19.1 Å². The van der Waals surface area contributed by atoms with Crippen LogP contribution in [0.15, 0.2) is 24.3 Å². The molecule has 0 aliphatic carbocycles. The fraction of sp³-hybridized carbons (Fsp3) is 0.682. The number of hydrogen-bond acceptors (Lipinski definition) is 5. The minimum Gasteiger partial charge on any atom is -0.394 e. The SMILES string of the molecule is CC(C)N1CC=C[C@]23O[C@@]4(C)C=CCN(C)C(=O)[C@H]4[C@H]2C(=O)N([C@H](C)CO)C3C1=O. The van der Waals surface area contributed by atoms with Crippen LogP contribution in [0, 0.1) is 11.8 Å². The van der Waals surface area contributed by atoms with E-state index in [0.717, 1.165) is 0 Å². The van der Waals surface area contributed by atoms with Gasteiger partial charge in [-0.05, 0) is 27.7 Å². The molecule has 0 aromatic carbocycles. The van der Waals surface area contributed by atoms with Gasteiger partial charge in [-0.15, -0.1) is 0 Å². The summed E-state index contributed by atoms with van der Waals surface area (Å²) < 4.78 is 6.63. The van der Waals surface area contributed by atoms with Gasteiger partial charge in [0.1, 0.15) is 11.6 Å². The summed E-state index contributed by atoms with van der Waals surface area (Å²) in [7, 11) is 1.71. The Bertz CT molecular complexity index is 839. The molecule has 6 atom stereocenters. The van der Waals surface area contributed by atoms with Crippen molar-refractivity contribution in [1.29, 1.82) is 0 Å². The molecular formula is C22H31N3O5. The van der Waals surface area contributed by atoms with Crippen molar-refractivity contribution >= 4 is 17.7 Å². The van der Waals surface area contributed by atoms with Crippen LogP contribution in [0.3, 0.4) is 0 Å². The van der Waals surface area contributed by atoms with Gasteiger partial charge in [-0.1, -0.05) is 24.3 Å². The molecule has 4 aliphatic rings. The van der Waals surface area contributed by atoms with Gasteiger partial charge in [0, 0.05) is 26.2 Å². The van der Waals surface area contributed by atoms with E-state index in [4.69, 9.17) is 4.74 Å². The Morgan fingerprint density at radius 1 is 1.07 bits per heavy atom. The number of carbonyl (C=O) groups excluding carboxylic acids is 3. The summed E-state index contributed by atoms with van der Waals surface area (Å²) in [5.74, 6) is -2.26. The van der Waals surface area contributed by atoms with E-state index in [-0.39, 0.29) is 30.4 Å². The number of aliphatic hydroxyl groups is 1. The fourth-order valence-corrected chi connectivity index (χ4v) is 5.63. The molecule has 1 unspecified atom stereocenters. The number of amides is 3. The van der Waals surface area contributed by atoms with Gasteiger partial charge in [0.15, 0.2) is 0 Å². The van der Waals surface area contributed by atoms with Gasteiger partial charge >= 0.3 is 0 Å². The first-order valence-corrected chi connectivity index (χ1v) is 10.6. The fourth-order valence-electron chi connectivity index (χ4n) is 5.63. The largest absolute Gasteiger partial charge is 0.394 e. The number of nitrogens with zero attached hydrogens (tertiary/aromatic N) is 3. The van der Waals surface area contributed by atoms with Gasteiger partial charge in [-0.25, -0.2) is 0 Å². The van der Waals surface area contributed by atoms with Crippen molar-refractivity contribution in [2.45, 2.75) is 57.0 Å². The van der Waals surface area contributed by atoms with E-state index in [2.05, 4.69) is 0 Å². The van der Waals surface area contributed by atoms with Crippen molar-refractivity contribution in [2.75, 3.05) is 26.7 Å². The summed E-state index contributed by atoms with van der Waals surface area (Å²) in [6, 6.07) is -1.56. The van der Waals surface area contributed by atoms with Gasteiger partial charge in [-0.3, -0.25) is 14.4 Å². The normalized spacial score (nSPS) is 39.2. The van der Waals surface area contributed by atoms with E-state index in [1.54, 1.807) is 23.8 Å². The van der Waals surface area contributed by atoms with E-state index in [9.17, 15) is 19.5 Å². The van der Waals surface area contributed by atoms with Crippen LogP contribution in [-0.4, -0.2) is 93.6 Å². The molecular weight excluding hydrogens is 386 g/mol. The molecule has 2 fully saturated rings. The molecule has 1 spiro atoms. The maximum absolute atomic E-state index is 13.8. The molecule has 8 nitrogen and oxygen atoms in total. The van der Waals surface area contributed by atoms with Crippen LogP contribution in [0.25, 0.3) is 0 Å². The highest BCUT2D eigenvalue weighted by molar-refractivity contribution is 6.00. The summed E-state index contributed by atoms with van der Waals surface area (Å²) in [4.78, 5) is 45.6. The monoisotopic (exact) mass is 417 g/mol. The van der Waals surface area contributed by atoms with Crippen LogP contribution in [0.2, 0.25) is 0 Å². The summed E-state index contributed by atoms with van der Waals surface area (Å²) in [5, 5.41) is 9.85. The molecule has 0 bridgehead atoms. The number of fused-ring (bicyclic) bond motifs is 2. The number of likely N-dealkylation sites (N-methyl/N-ethyl adjacent to an activating group) is 1. The van der Waals surface area contributed by atoms with Crippen molar-refractivity contribution in [1.82, 2.24) is 14.7 Å². The number of ether oxygens (including phenoxy) is 1. The van der Waals surface area contributed by atoms with Gasteiger partial charge < -0.3 is 24.5 Å². The molecule has 4 aliphatic heterocycles. The zero-order valence-corrected chi connectivity index (χ0v) is 18.2. The van der Waals surface area contributed by atoms with Crippen molar-refractivity contribution in [2.24, 2.45) is 11.8 Å². The lowest BCUT2D eigenvalue weighted by Crippen LogP contribution is -2.59. The first-order valence-electron chi connectivity index (χ1n) is 10.6. The van der Waals surface area contributed by atoms with Crippen molar-refractivity contribution in [3.63, 3.8) is 0 Å². The van der Waals surface area contributed by atoms with Crippen LogP contribution in [0.5, 0.6) is 0 Å². The number of carbonyl (C=O) groups is 3. The predicted octanol–water partition coefficient (Wildman–Crippen LogP) is 0.173. The summed E-state index contributed by atoms with van der Waals surface area (Å²) in [5.41, 5.74) is -2.24. The maximum atomic E-state index is 13.8. The highest BCUT2D eigenvalue weighted by atomic mass is 16.5. The first kappa shape index (κ1) is 21.1. The molecule has 164 valence electrons. The predicted molar refractivity (Wildman–Crippen MR) is 109 cm³/mol. The summed E-state index contributed by atoms with van der Waals surface area (Å²) >= 11 is 0. The second-order valence-electron chi connectivity index (χ2n) is 9.38. The van der Waals surface area contributed by atoms with Crippen LogP contribution in [0.1, 0.15) is 27.7 Å². The minimum absolute atomic E-state index is 0.0622. The molecule has 30 heavy (non-hydrogen) atoms. The Kier molecular flexibility index (Phi) is 4.86. The van der Waals surface area contributed by atoms with E-state index in [1.807, 2.05) is 45.1 Å². The van der Waals surface area contributed by atoms with Gasteiger partial charge in [-0.2, -0.15) is 0 Å². The molecule has 1 N–H and O–H groups in total. The Balaban J connectivity index is 1.92. The van der Waals surface area contributed by atoms with Gasteiger partial charge in [0.25, 0.3) is 0 Å². The standard InChI is InChI=1S/C22H31N3O5/c1-13(2)24-11-7-9-22-16(19(28)25(14(3)12-26)17(22)20(24)29)15-18(27)23(5)10-6-8-21(15,4)30-22/h6-9,13-17,26H,10-12H2,1-5H3/t14-,15-,16+,17?,21+,22+/m1/s1. The van der Waals surface area contributed by atoms with Crippen molar-refractivity contribution < 1.29 is 24.2 Å². The third-order valence-electron chi connectivity index (χ3n) is 7.09. The molecule has 4 heterocycles. The molecule has 2 saturated heterocycles. The zero-order chi connectivity index (χ0) is 22.0. The Hall–Kier alpha value is -2.19. The lowest BCUT2D eigenvalue weighted by molar-refractivity contribution is -0.156. The Morgan fingerprint density at radius 2 is 1.73 bits per heavy atom.